The number of rotatable bonds is 8. The van der Waals surface area contributed by atoms with Gasteiger partial charge in [-0.3, -0.25) is 9.59 Å². The summed E-state index contributed by atoms with van der Waals surface area (Å²) >= 11 is 5.96. The van der Waals surface area contributed by atoms with Gasteiger partial charge in [-0.2, -0.15) is 0 Å². The highest BCUT2D eigenvalue weighted by Gasteiger charge is 2.27. The van der Waals surface area contributed by atoms with Crippen LogP contribution < -0.4 is 5.32 Å². The summed E-state index contributed by atoms with van der Waals surface area (Å²) in [4.78, 5) is 27.3. The van der Waals surface area contributed by atoms with Crippen LogP contribution in [0.25, 0.3) is 0 Å². The van der Waals surface area contributed by atoms with Crippen LogP contribution in [0.4, 0.5) is 5.69 Å². The largest absolute Gasteiger partial charge is 0.327 e. The maximum atomic E-state index is 13.2. The lowest BCUT2D eigenvalue weighted by Crippen LogP contribution is -2.46. The van der Waals surface area contributed by atoms with Gasteiger partial charge in [0.15, 0.2) is 0 Å². The lowest BCUT2D eigenvalue weighted by molar-refractivity contribution is -0.120. The number of nitrogens with zero attached hydrogens (tertiary/aromatic N) is 2. The molecule has 2 rings (SSSR count). The summed E-state index contributed by atoms with van der Waals surface area (Å²) < 4.78 is 25.9. The van der Waals surface area contributed by atoms with E-state index in [0.29, 0.717) is 23.7 Å². The van der Waals surface area contributed by atoms with Gasteiger partial charge >= 0.3 is 0 Å². The van der Waals surface area contributed by atoms with Crippen LogP contribution in [0.15, 0.2) is 53.4 Å². The zero-order valence-corrected chi connectivity index (χ0v) is 19.0. The molecule has 30 heavy (non-hydrogen) atoms. The number of sulfonamides is 1. The third-order valence-electron chi connectivity index (χ3n) is 4.52. The Morgan fingerprint density at radius 1 is 1.10 bits per heavy atom. The number of benzene rings is 2. The molecule has 0 spiro atoms. The number of amides is 2. The number of anilines is 1. The Labute approximate surface area is 182 Å². The van der Waals surface area contributed by atoms with Gasteiger partial charge in [-0.25, -0.2) is 12.7 Å². The van der Waals surface area contributed by atoms with Crippen molar-refractivity contribution >= 4 is 39.1 Å². The quantitative estimate of drug-likeness (QED) is 0.665. The predicted octanol–water partition coefficient (Wildman–Crippen LogP) is 3.47. The predicted molar refractivity (Wildman–Crippen MR) is 118 cm³/mol. The van der Waals surface area contributed by atoms with Crippen molar-refractivity contribution in [2.75, 3.05) is 26.0 Å². The summed E-state index contributed by atoms with van der Waals surface area (Å²) in [5.41, 5.74) is 0.733. The van der Waals surface area contributed by atoms with Gasteiger partial charge in [-0.1, -0.05) is 30.7 Å². The molecule has 0 unspecified atom stereocenters. The Balaban J connectivity index is 2.28. The summed E-state index contributed by atoms with van der Waals surface area (Å²) in [6.07, 6.45) is 0.635. The van der Waals surface area contributed by atoms with E-state index < -0.39 is 22.0 Å². The highest BCUT2D eigenvalue weighted by Crippen LogP contribution is 2.19. The molecule has 0 radical (unpaired) electrons. The van der Waals surface area contributed by atoms with Gasteiger partial charge in [-0.05, 0) is 49.7 Å². The van der Waals surface area contributed by atoms with Crippen LogP contribution in [0.2, 0.25) is 5.02 Å². The third-order valence-corrected chi connectivity index (χ3v) is 6.57. The second kappa shape index (κ2) is 10.1. The van der Waals surface area contributed by atoms with E-state index in [1.807, 2.05) is 6.92 Å². The molecule has 7 nitrogen and oxygen atoms in total. The SMILES string of the molecule is CCCN(C(=O)c1cccc(S(=O)(=O)N(C)C)c1)[C@@H](C)C(=O)Nc1cccc(Cl)c1. The maximum Gasteiger partial charge on any atom is 0.254 e. The van der Waals surface area contributed by atoms with E-state index in [-0.39, 0.29) is 16.4 Å². The Kier molecular flexibility index (Phi) is 8.00. The Hall–Kier alpha value is -2.42. The minimum Gasteiger partial charge on any atom is -0.327 e. The Morgan fingerprint density at radius 2 is 1.77 bits per heavy atom. The van der Waals surface area contributed by atoms with Crippen molar-refractivity contribution in [1.29, 1.82) is 0 Å². The monoisotopic (exact) mass is 451 g/mol. The minimum atomic E-state index is -3.68. The van der Waals surface area contributed by atoms with E-state index >= 15 is 0 Å². The normalized spacial score (nSPS) is 12.5. The van der Waals surface area contributed by atoms with Gasteiger partial charge in [0.1, 0.15) is 6.04 Å². The second-order valence-corrected chi connectivity index (χ2v) is 9.58. The molecule has 0 saturated carbocycles. The van der Waals surface area contributed by atoms with Crippen molar-refractivity contribution in [3.63, 3.8) is 0 Å². The van der Waals surface area contributed by atoms with E-state index in [1.54, 1.807) is 37.3 Å². The number of carbonyl (C=O) groups is 2. The maximum absolute atomic E-state index is 13.2. The summed E-state index contributed by atoms with van der Waals surface area (Å²) in [5.74, 6) is -0.780. The van der Waals surface area contributed by atoms with Crippen molar-refractivity contribution in [1.82, 2.24) is 9.21 Å². The van der Waals surface area contributed by atoms with E-state index in [9.17, 15) is 18.0 Å². The van der Waals surface area contributed by atoms with Crippen LogP contribution in [-0.4, -0.2) is 56.1 Å². The molecule has 9 heteroatoms. The van der Waals surface area contributed by atoms with Crippen molar-refractivity contribution in [3.8, 4) is 0 Å². The van der Waals surface area contributed by atoms with E-state index in [1.165, 1.54) is 37.2 Å². The molecule has 0 heterocycles. The topological polar surface area (TPSA) is 86.8 Å². The van der Waals surface area contributed by atoms with E-state index in [0.717, 1.165) is 4.31 Å². The first-order chi connectivity index (χ1) is 14.1. The van der Waals surface area contributed by atoms with Crippen LogP contribution in [0.3, 0.4) is 0 Å². The van der Waals surface area contributed by atoms with Crippen LogP contribution in [0, 0.1) is 0 Å². The van der Waals surface area contributed by atoms with Crippen molar-refractivity contribution in [2.45, 2.75) is 31.2 Å². The molecule has 0 fully saturated rings. The number of hydrogen-bond acceptors (Lipinski definition) is 4. The molecule has 0 aliphatic carbocycles. The first-order valence-electron chi connectivity index (χ1n) is 9.48. The van der Waals surface area contributed by atoms with Gasteiger partial charge in [0, 0.05) is 36.9 Å². The molecule has 0 aliphatic heterocycles. The van der Waals surface area contributed by atoms with Crippen LogP contribution >= 0.6 is 11.6 Å². The second-order valence-electron chi connectivity index (χ2n) is 6.99. The summed E-state index contributed by atoms with van der Waals surface area (Å²) in [7, 11) is -0.829. The zero-order chi connectivity index (χ0) is 22.5. The summed E-state index contributed by atoms with van der Waals surface area (Å²) in [6, 6.07) is 11.8. The van der Waals surface area contributed by atoms with Gasteiger partial charge < -0.3 is 10.2 Å². The molecule has 0 bridgehead atoms. The average Bonchev–Trinajstić information content (AvgIpc) is 2.71. The molecule has 162 valence electrons. The molecule has 0 saturated heterocycles. The summed E-state index contributed by atoms with van der Waals surface area (Å²) in [6.45, 7) is 3.87. The first-order valence-corrected chi connectivity index (χ1v) is 11.3. The number of carbonyl (C=O) groups excluding carboxylic acids is 2. The van der Waals surface area contributed by atoms with Crippen LogP contribution in [0.5, 0.6) is 0 Å². The molecule has 2 amide bonds. The van der Waals surface area contributed by atoms with Crippen LogP contribution in [-0.2, 0) is 14.8 Å². The van der Waals surface area contributed by atoms with Crippen molar-refractivity contribution in [2.24, 2.45) is 0 Å². The zero-order valence-electron chi connectivity index (χ0n) is 17.4. The van der Waals surface area contributed by atoms with E-state index in [4.69, 9.17) is 11.6 Å². The van der Waals surface area contributed by atoms with Crippen LogP contribution in [0.1, 0.15) is 30.6 Å². The standard InChI is InChI=1S/C21H26ClN3O4S/c1-5-12-25(15(2)20(26)23-18-10-7-9-17(22)14-18)21(27)16-8-6-11-19(13-16)30(28,29)24(3)4/h6-11,13-15H,5,12H2,1-4H3,(H,23,26)/t15-/m0/s1. The smallest absolute Gasteiger partial charge is 0.254 e. The third kappa shape index (κ3) is 5.59. The molecule has 1 N–H and O–H groups in total. The first kappa shape index (κ1) is 23.9. The number of nitrogens with one attached hydrogen (secondary N) is 1. The number of halogens is 1. The molecule has 0 aliphatic rings. The Bertz CT molecular complexity index is 1020. The average molecular weight is 452 g/mol. The van der Waals surface area contributed by atoms with Gasteiger partial charge in [-0.15, -0.1) is 0 Å². The lowest BCUT2D eigenvalue weighted by atomic mass is 10.1. The fourth-order valence-electron chi connectivity index (χ4n) is 2.83. The summed E-state index contributed by atoms with van der Waals surface area (Å²) in [5, 5.41) is 3.25. The fraction of sp³-hybridized carbons (Fsp3) is 0.333. The molecule has 0 aromatic heterocycles. The van der Waals surface area contributed by atoms with Crippen molar-refractivity contribution < 1.29 is 18.0 Å². The highest BCUT2D eigenvalue weighted by atomic mass is 35.5. The highest BCUT2D eigenvalue weighted by molar-refractivity contribution is 7.89. The van der Waals surface area contributed by atoms with Crippen molar-refractivity contribution in [3.05, 3.63) is 59.1 Å². The molecular formula is C21H26ClN3O4S. The fourth-order valence-corrected chi connectivity index (χ4v) is 3.97. The molecular weight excluding hydrogens is 426 g/mol. The molecule has 2 aromatic rings. The lowest BCUT2D eigenvalue weighted by Gasteiger charge is -2.28. The van der Waals surface area contributed by atoms with Gasteiger partial charge in [0.05, 0.1) is 4.90 Å². The minimum absolute atomic E-state index is 0.0193. The molecule has 1 atom stereocenters. The van der Waals surface area contributed by atoms with E-state index in [2.05, 4.69) is 5.32 Å². The Morgan fingerprint density at radius 3 is 2.37 bits per heavy atom. The van der Waals surface area contributed by atoms with Gasteiger partial charge in [0.25, 0.3) is 5.91 Å². The number of hydrogen-bond donors (Lipinski definition) is 1. The molecule has 2 aromatic carbocycles. The van der Waals surface area contributed by atoms with Gasteiger partial charge in [0.2, 0.25) is 15.9 Å².